The van der Waals surface area contributed by atoms with E-state index < -0.39 is 0 Å². The lowest BCUT2D eigenvalue weighted by Crippen LogP contribution is -2.51. The van der Waals surface area contributed by atoms with Crippen molar-refractivity contribution in [2.45, 2.75) is 44.7 Å². The van der Waals surface area contributed by atoms with Crippen molar-refractivity contribution in [2.24, 2.45) is 5.92 Å². The van der Waals surface area contributed by atoms with Gasteiger partial charge in [0.25, 0.3) is 0 Å². The molecule has 3 rings (SSSR count). The maximum Gasteiger partial charge on any atom is 0.239 e. The SMILES string of the molecule is COc1ccc(CNC(=O)C2CCN(C(=O)C3CCCCN3)CC2)cc1. The van der Waals surface area contributed by atoms with Crippen LogP contribution in [-0.2, 0) is 16.1 Å². The highest BCUT2D eigenvalue weighted by molar-refractivity contribution is 5.83. The Balaban J connectivity index is 1.42. The van der Waals surface area contributed by atoms with Gasteiger partial charge in [-0.3, -0.25) is 9.59 Å². The first-order valence-corrected chi connectivity index (χ1v) is 9.60. The molecule has 0 aromatic heterocycles. The molecule has 0 aliphatic carbocycles. The summed E-state index contributed by atoms with van der Waals surface area (Å²) >= 11 is 0. The van der Waals surface area contributed by atoms with Gasteiger partial charge in [-0.25, -0.2) is 0 Å². The molecule has 1 atom stereocenters. The number of hydrogen-bond acceptors (Lipinski definition) is 4. The van der Waals surface area contributed by atoms with Gasteiger partial charge in [0.1, 0.15) is 5.75 Å². The largest absolute Gasteiger partial charge is 0.497 e. The lowest BCUT2D eigenvalue weighted by molar-refractivity contribution is -0.137. The normalized spacial score (nSPS) is 21.3. The topological polar surface area (TPSA) is 70.7 Å². The molecule has 0 bridgehead atoms. The summed E-state index contributed by atoms with van der Waals surface area (Å²) in [6, 6.07) is 7.68. The van der Waals surface area contributed by atoms with Crippen molar-refractivity contribution in [2.75, 3.05) is 26.7 Å². The maximum atomic E-state index is 12.5. The molecule has 2 amide bonds. The van der Waals surface area contributed by atoms with Crippen molar-refractivity contribution < 1.29 is 14.3 Å². The predicted molar refractivity (Wildman–Crippen MR) is 99.8 cm³/mol. The van der Waals surface area contributed by atoms with Crippen molar-refractivity contribution in [1.29, 1.82) is 0 Å². The minimum absolute atomic E-state index is 0.00314. The minimum atomic E-state index is -0.0239. The van der Waals surface area contributed by atoms with E-state index in [1.54, 1.807) is 7.11 Å². The van der Waals surface area contributed by atoms with Gasteiger partial charge in [-0.1, -0.05) is 18.6 Å². The molecule has 2 saturated heterocycles. The molecule has 0 saturated carbocycles. The number of benzene rings is 1. The second-order valence-corrected chi connectivity index (χ2v) is 7.17. The maximum absolute atomic E-state index is 12.5. The first-order valence-electron chi connectivity index (χ1n) is 9.60. The standard InChI is InChI=1S/C20H29N3O3/c1-26-17-7-5-15(6-8-17)14-22-19(24)16-9-12-23(13-10-16)20(25)18-4-2-3-11-21-18/h5-8,16,18,21H,2-4,9-14H2,1H3,(H,22,24). The Morgan fingerprint density at radius 1 is 1.15 bits per heavy atom. The van der Waals surface area contributed by atoms with Crippen LogP contribution in [0.15, 0.2) is 24.3 Å². The molecule has 6 heteroatoms. The number of piperidine rings is 2. The highest BCUT2D eigenvalue weighted by Crippen LogP contribution is 2.20. The van der Waals surface area contributed by atoms with Crippen LogP contribution in [0.25, 0.3) is 0 Å². The van der Waals surface area contributed by atoms with Crippen molar-refractivity contribution >= 4 is 11.8 Å². The number of methoxy groups -OCH3 is 1. The molecular formula is C20H29N3O3. The zero-order chi connectivity index (χ0) is 18.4. The van der Waals surface area contributed by atoms with E-state index in [0.717, 1.165) is 50.0 Å². The molecule has 1 unspecified atom stereocenters. The first kappa shape index (κ1) is 18.7. The molecule has 2 N–H and O–H groups in total. The van der Waals surface area contributed by atoms with Crippen LogP contribution in [0.2, 0.25) is 0 Å². The fourth-order valence-electron chi connectivity index (χ4n) is 3.72. The van der Waals surface area contributed by atoms with Gasteiger partial charge in [0.15, 0.2) is 0 Å². The van der Waals surface area contributed by atoms with Crippen molar-refractivity contribution in [3.63, 3.8) is 0 Å². The van der Waals surface area contributed by atoms with E-state index in [1.807, 2.05) is 29.2 Å². The fraction of sp³-hybridized carbons (Fsp3) is 0.600. The lowest BCUT2D eigenvalue weighted by Gasteiger charge is -2.35. The average molecular weight is 359 g/mol. The van der Waals surface area contributed by atoms with Gasteiger partial charge in [-0.2, -0.15) is 0 Å². The van der Waals surface area contributed by atoms with E-state index >= 15 is 0 Å². The molecule has 2 aliphatic rings. The Labute approximate surface area is 155 Å². The van der Waals surface area contributed by atoms with Crippen LogP contribution in [0, 0.1) is 5.92 Å². The van der Waals surface area contributed by atoms with Gasteiger partial charge in [-0.05, 0) is 49.9 Å². The summed E-state index contributed by atoms with van der Waals surface area (Å²) in [5.74, 6) is 1.10. The van der Waals surface area contributed by atoms with Gasteiger partial charge in [0.05, 0.1) is 13.2 Å². The first-order chi connectivity index (χ1) is 12.7. The smallest absolute Gasteiger partial charge is 0.239 e. The third-order valence-electron chi connectivity index (χ3n) is 5.41. The van der Waals surface area contributed by atoms with Crippen molar-refractivity contribution in [1.82, 2.24) is 15.5 Å². The number of nitrogens with zero attached hydrogens (tertiary/aromatic N) is 1. The van der Waals surface area contributed by atoms with Crippen LogP contribution in [0.5, 0.6) is 5.75 Å². The van der Waals surface area contributed by atoms with Crippen LogP contribution in [0.1, 0.15) is 37.7 Å². The molecule has 1 aromatic rings. The quantitative estimate of drug-likeness (QED) is 0.839. The molecule has 0 spiro atoms. The van der Waals surface area contributed by atoms with Gasteiger partial charge < -0.3 is 20.3 Å². The Hall–Kier alpha value is -2.08. The fourth-order valence-corrected chi connectivity index (χ4v) is 3.72. The van der Waals surface area contributed by atoms with E-state index in [4.69, 9.17) is 4.74 Å². The number of rotatable bonds is 5. The third-order valence-corrected chi connectivity index (χ3v) is 5.41. The number of ether oxygens (including phenoxy) is 1. The lowest BCUT2D eigenvalue weighted by atomic mass is 9.94. The zero-order valence-corrected chi connectivity index (χ0v) is 15.5. The summed E-state index contributed by atoms with van der Waals surface area (Å²) in [4.78, 5) is 26.9. The van der Waals surface area contributed by atoms with E-state index in [-0.39, 0.29) is 23.8 Å². The highest BCUT2D eigenvalue weighted by atomic mass is 16.5. The van der Waals surface area contributed by atoms with Crippen LogP contribution >= 0.6 is 0 Å². The summed E-state index contributed by atoms with van der Waals surface area (Å²) in [5, 5.41) is 6.34. The Kier molecular flexibility index (Phi) is 6.50. The average Bonchev–Trinajstić information content (AvgIpc) is 2.72. The Bertz CT molecular complexity index is 603. The van der Waals surface area contributed by atoms with Crippen LogP contribution in [0.3, 0.4) is 0 Å². The molecule has 2 heterocycles. The molecule has 2 aliphatic heterocycles. The zero-order valence-electron chi connectivity index (χ0n) is 15.5. The second-order valence-electron chi connectivity index (χ2n) is 7.17. The Morgan fingerprint density at radius 3 is 2.50 bits per heavy atom. The van der Waals surface area contributed by atoms with E-state index in [9.17, 15) is 9.59 Å². The second kappa shape index (κ2) is 9.03. The molecule has 142 valence electrons. The van der Waals surface area contributed by atoms with Crippen LogP contribution in [-0.4, -0.2) is 49.5 Å². The third kappa shape index (κ3) is 4.75. The van der Waals surface area contributed by atoms with Crippen LogP contribution in [0.4, 0.5) is 0 Å². The Morgan fingerprint density at radius 2 is 1.88 bits per heavy atom. The van der Waals surface area contributed by atoms with Gasteiger partial charge in [0, 0.05) is 25.6 Å². The van der Waals surface area contributed by atoms with Gasteiger partial charge >= 0.3 is 0 Å². The number of nitrogens with one attached hydrogen (secondary N) is 2. The summed E-state index contributed by atoms with van der Waals surface area (Å²) in [7, 11) is 1.64. The summed E-state index contributed by atoms with van der Waals surface area (Å²) in [5.41, 5.74) is 1.05. The highest BCUT2D eigenvalue weighted by Gasteiger charge is 2.31. The monoisotopic (exact) mass is 359 g/mol. The van der Waals surface area contributed by atoms with E-state index in [1.165, 1.54) is 0 Å². The van der Waals surface area contributed by atoms with Crippen molar-refractivity contribution in [3.05, 3.63) is 29.8 Å². The number of amides is 2. The van der Waals surface area contributed by atoms with Crippen molar-refractivity contribution in [3.8, 4) is 5.75 Å². The minimum Gasteiger partial charge on any atom is -0.497 e. The number of carbonyl (C=O) groups is 2. The summed E-state index contributed by atoms with van der Waals surface area (Å²) < 4.78 is 5.14. The molecule has 6 nitrogen and oxygen atoms in total. The van der Waals surface area contributed by atoms with Crippen LogP contribution < -0.4 is 15.4 Å². The summed E-state index contributed by atoms with van der Waals surface area (Å²) in [6.45, 7) is 2.81. The number of carbonyl (C=O) groups excluding carboxylic acids is 2. The molecular weight excluding hydrogens is 330 g/mol. The molecule has 0 radical (unpaired) electrons. The molecule has 2 fully saturated rings. The molecule has 1 aromatic carbocycles. The van der Waals surface area contributed by atoms with Gasteiger partial charge in [-0.15, -0.1) is 0 Å². The van der Waals surface area contributed by atoms with E-state index in [2.05, 4.69) is 10.6 Å². The van der Waals surface area contributed by atoms with Gasteiger partial charge in [0.2, 0.25) is 11.8 Å². The van der Waals surface area contributed by atoms with E-state index in [0.29, 0.717) is 19.6 Å². The predicted octanol–water partition coefficient (Wildman–Crippen LogP) is 1.69. The number of hydrogen-bond donors (Lipinski definition) is 2. The number of likely N-dealkylation sites (tertiary alicyclic amines) is 1. The molecule has 26 heavy (non-hydrogen) atoms. The summed E-state index contributed by atoms with van der Waals surface area (Å²) in [6.07, 6.45) is 4.69.